The first-order valence-electron chi connectivity index (χ1n) is 9.37. The Labute approximate surface area is 159 Å². The lowest BCUT2D eigenvalue weighted by Gasteiger charge is -2.31. The highest BCUT2D eigenvalue weighted by atomic mass is 16.5. The smallest absolute Gasteiger partial charge is 0.254 e. The second-order valence-electron chi connectivity index (χ2n) is 7.23. The molecule has 0 unspecified atom stereocenters. The summed E-state index contributed by atoms with van der Waals surface area (Å²) >= 11 is 0. The molecule has 1 aromatic heterocycles. The molecule has 0 saturated carbocycles. The molecule has 0 bridgehead atoms. The van der Waals surface area contributed by atoms with Crippen molar-refractivity contribution in [3.63, 3.8) is 0 Å². The molecule has 0 radical (unpaired) electrons. The maximum atomic E-state index is 12.9. The standard InChI is InChI=1S/C22H23N3O2/c1-15-9-11-17(12-10-15)20-23-21(27-24-20)18-7-5-13-25(14-18)22(26)19-8-4-3-6-16(19)2/h3-4,6,8-12,18H,5,7,13-14H2,1-2H3/t18-/m0/s1. The van der Waals surface area contributed by atoms with Gasteiger partial charge in [0, 0.05) is 24.2 Å². The minimum atomic E-state index is 0.0797. The molecule has 1 aliphatic rings. The van der Waals surface area contributed by atoms with Gasteiger partial charge in [0.25, 0.3) is 5.91 Å². The van der Waals surface area contributed by atoms with Crippen molar-refractivity contribution in [2.24, 2.45) is 0 Å². The quantitative estimate of drug-likeness (QED) is 0.695. The lowest BCUT2D eigenvalue weighted by Crippen LogP contribution is -2.39. The Hall–Kier alpha value is -2.95. The third-order valence-corrected chi connectivity index (χ3v) is 5.18. The van der Waals surface area contributed by atoms with E-state index in [4.69, 9.17) is 4.52 Å². The van der Waals surface area contributed by atoms with Crippen LogP contribution in [0.5, 0.6) is 0 Å². The number of hydrogen-bond donors (Lipinski definition) is 0. The van der Waals surface area contributed by atoms with Crippen molar-refractivity contribution in [1.29, 1.82) is 0 Å². The van der Waals surface area contributed by atoms with Crippen LogP contribution in [0.15, 0.2) is 53.1 Å². The Morgan fingerprint density at radius 1 is 1.11 bits per heavy atom. The number of hydrogen-bond acceptors (Lipinski definition) is 4. The molecule has 0 spiro atoms. The number of nitrogens with zero attached hydrogens (tertiary/aromatic N) is 3. The number of carbonyl (C=O) groups is 1. The van der Waals surface area contributed by atoms with Gasteiger partial charge >= 0.3 is 0 Å². The minimum absolute atomic E-state index is 0.0797. The van der Waals surface area contributed by atoms with Gasteiger partial charge in [0.2, 0.25) is 11.7 Å². The molecular weight excluding hydrogens is 338 g/mol. The summed E-state index contributed by atoms with van der Waals surface area (Å²) in [5.41, 5.74) is 3.91. The summed E-state index contributed by atoms with van der Waals surface area (Å²) in [6.45, 7) is 5.40. The molecule has 4 rings (SSSR count). The van der Waals surface area contributed by atoms with Crippen LogP contribution in [0.1, 0.15) is 46.1 Å². The third-order valence-electron chi connectivity index (χ3n) is 5.18. The SMILES string of the molecule is Cc1ccc(-c2noc([C@H]3CCCN(C(=O)c4ccccc4C)C3)n2)cc1. The molecule has 3 aromatic rings. The molecule has 2 aromatic carbocycles. The van der Waals surface area contributed by atoms with Crippen LogP contribution in [-0.2, 0) is 0 Å². The van der Waals surface area contributed by atoms with Crippen molar-refractivity contribution in [3.8, 4) is 11.4 Å². The number of aryl methyl sites for hydroxylation is 2. The average molecular weight is 361 g/mol. The molecule has 138 valence electrons. The fourth-order valence-corrected chi connectivity index (χ4v) is 3.57. The largest absolute Gasteiger partial charge is 0.339 e. The van der Waals surface area contributed by atoms with Crippen LogP contribution in [0.2, 0.25) is 0 Å². The molecule has 1 aliphatic heterocycles. The number of benzene rings is 2. The number of amides is 1. The Morgan fingerprint density at radius 3 is 2.67 bits per heavy atom. The molecule has 1 amide bonds. The maximum absolute atomic E-state index is 12.9. The molecule has 5 heteroatoms. The van der Waals surface area contributed by atoms with E-state index in [2.05, 4.69) is 10.1 Å². The number of likely N-dealkylation sites (tertiary alicyclic amines) is 1. The van der Waals surface area contributed by atoms with Gasteiger partial charge in [-0.05, 0) is 38.3 Å². The first-order valence-corrected chi connectivity index (χ1v) is 9.37. The number of piperidine rings is 1. The zero-order chi connectivity index (χ0) is 18.8. The van der Waals surface area contributed by atoms with Crippen LogP contribution < -0.4 is 0 Å². The Kier molecular flexibility index (Phi) is 4.75. The molecule has 1 atom stereocenters. The molecule has 1 saturated heterocycles. The van der Waals surface area contributed by atoms with Gasteiger partial charge in [-0.1, -0.05) is 53.2 Å². The van der Waals surface area contributed by atoms with Crippen LogP contribution >= 0.6 is 0 Å². The summed E-state index contributed by atoms with van der Waals surface area (Å²) in [5.74, 6) is 1.38. The van der Waals surface area contributed by atoms with Crippen molar-refractivity contribution in [2.45, 2.75) is 32.6 Å². The van der Waals surface area contributed by atoms with Gasteiger partial charge in [0.1, 0.15) is 0 Å². The fourth-order valence-electron chi connectivity index (χ4n) is 3.57. The highest BCUT2D eigenvalue weighted by Gasteiger charge is 2.29. The normalized spacial score (nSPS) is 17.1. The van der Waals surface area contributed by atoms with Gasteiger partial charge in [-0.25, -0.2) is 0 Å². The van der Waals surface area contributed by atoms with E-state index in [0.29, 0.717) is 18.3 Å². The lowest BCUT2D eigenvalue weighted by molar-refractivity contribution is 0.0695. The first kappa shape index (κ1) is 17.5. The van der Waals surface area contributed by atoms with E-state index in [-0.39, 0.29) is 11.8 Å². The number of aromatic nitrogens is 2. The summed E-state index contributed by atoms with van der Waals surface area (Å²) < 4.78 is 5.55. The average Bonchev–Trinajstić information content (AvgIpc) is 3.19. The van der Waals surface area contributed by atoms with Gasteiger partial charge in [-0.2, -0.15) is 4.98 Å². The zero-order valence-electron chi connectivity index (χ0n) is 15.7. The van der Waals surface area contributed by atoms with E-state index < -0.39 is 0 Å². The minimum Gasteiger partial charge on any atom is -0.339 e. The van der Waals surface area contributed by atoms with E-state index >= 15 is 0 Å². The Bertz CT molecular complexity index is 946. The topological polar surface area (TPSA) is 59.2 Å². The monoisotopic (exact) mass is 361 g/mol. The van der Waals surface area contributed by atoms with E-state index in [0.717, 1.165) is 36.1 Å². The maximum Gasteiger partial charge on any atom is 0.254 e. The van der Waals surface area contributed by atoms with Crippen LogP contribution in [-0.4, -0.2) is 34.0 Å². The predicted octanol–water partition coefficient (Wildman–Crippen LogP) is 4.37. The molecule has 1 fully saturated rings. The van der Waals surface area contributed by atoms with Crippen LogP contribution in [0.4, 0.5) is 0 Å². The third kappa shape index (κ3) is 3.63. The fraction of sp³-hybridized carbons (Fsp3) is 0.318. The second-order valence-corrected chi connectivity index (χ2v) is 7.23. The van der Waals surface area contributed by atoms with Crippen molar-refractivity contribution in [2.75, 3.05) is 13.1 Å². The van der Waals surface area contributed by atoms with Crippen LogP contribution in [0.25, 0.3) is 11.4 Å². The summed E-state index contributed by atoms with van der Waals surface area (Å²) in [6.07, 6.45) is 1.89. The Morgan fingerprint density at radius 2 is 1.89 bits per heavy atom. The summed E-state index contributed by atoms with van der Waals surface area (Å²) in [6, 6.07) is 15.8. The van der Waals surface area contributed by atoms with Crippen LogP contribution in [0.3, 0.4) is 0 Å². The first-order chi connectivity index (χ1) is 13.1. The van der Waals surface area contributed by atoms with E-state index in [1.54, 1.807) is 0 Å². The Balaban J connectivity index is 1.51. The van der Waals surface area contributed by atoms with E-state index in [9.17, 15) is 4.79 Å². The van der Waals surface area contributed by atoms with Gasteiger partial charge in [0.15, 0.2) is 0 Å². The van der Waals surface area contributed by atoms with E-state index in [1.807, 2.05) is 67.3 Å². The van der Waals surface area contributed by atoms with Gasteiger partial charge in [0.05, 0.1) is 5.92 Å². The van der Waals surface area contributed by atoms with Crippen LogP contribution in [0, 0.1) is 13.8 Å². The molecule has 27 heavy (non-hydrogen) atoms. The van der Waals surface area contributed by atoms with Crippen molar-refractivity contribution in [3.05, 3.63) is 71.1 Å². The van der Waals surface area contributed by atoms with Gasteiger partial charge < -0.3 is 9.42 Å². The molecule has 5 nitrogen and oxygen atoms in total. The van der Waals surface area contributed by atoms with Gasteiger partial charge in [-0.3, -0.25) is 4.79 Å². The number of carbonyl (C=O) groups excluding carboxylic acids is 1. The summed E-state index contributed by atoms with van der Waals surface area (Å²) in [4.78, 5) is 19.4. The van der Waals surface area contributed by atoms with Gasteiger partial charge in [-0.15, -0.1) is 0 Å². The molecule has 0 aliphatic carbocycles. The highest BCUT2D eigenvalue weighted by molar-refractivity contribution is 5.95. The zero-order valence-corrected chi connectivity index (χ0v) is 15.7. The van der Waals surface area contributed by atoms with Crippen molar-refractivity contribution >= 4 is 5.91 Å². The summed E-state index contributed by atoms with van der Waals surface area (Å²) in [7, 11) is 0. The highest BCUT2D eigenvalue weighted by Crippen LogP contribution is 2.28. The predicted molar refractivity (Wildman–Crippen MR) is 104 cm³/mol. The number of rotatable bonds is 3. The molecular formula is C22H23N3O2. The molecule has 2 heterocycles. The van der Waals surface area contributed by atoms with E-state index in [1.165, 1.54) is 5.56 Å². The summed E-state index contributed by atoms with van der Waals surface area (Å²) in [5, 5.41) is 4.14. The second kappa shape index (κ2) is 7.35. The molecule has 0 N–H and O–H groups in total. The lowest BCUT2D eigenvalue weighted by atomic mass is 9.96. The van der Waals surface area contributed by atoms with Crippen molar-refractivity contribution < 1.29 is 9.32 Å². The van der Waals surface area contributed by atoms with Crippen molar-refractivity contribution in [1.82, 2.24) is 15.0 Å².